The van der Waals surface area contributed by atoms with Crippen molar-refractivity contribution < 1.29 is 9.59 Å². The third-order valence-electron chi connectivity index (χ3n) is 5.52. The summed E-state index contributed by atoms with van der Waals surface area (Å²) < 4.78 is 0.984. The van der Waals surface area contributed by atoms with Crippen LogP contribution in [-0.2, 0) is 21.9 Å². The molecule has 1 atom stereocenters. The van der Waals surface area contributed by atoms with E-state index in [1.807, 2.05) is 55.5 Å². The van der Waals surface area contributed by atoms with Gasteiger partial charge in [0, 0.05) is 27.8 Å². The van der Waals surface area contributed by atoms with Crippen molar-refractivity contribution >= 4 is 51.1 Å². The van der Waals surface area contributed by atoms with E-state index in [9.17, 15) is 9.59 Å². The largest absolute Gasteiger partial charge is 0.352 e. The van der Waals surface area contributed by atoms with Crippen molar-refractivity contribution in [3.63, 3.8) is 0 Å². The maximum absolute atomic E-state index is 13.1. The Morgan fingerprint density at radius 3 is 2.55 bits per heavy atom. The fraction of sp³-hybridized carbons (Fsp3) is 0.417. The predicted octanol–water partition coefficient (Wildman–Crippen LogP) is 5.81. The molecule has 3 rings (SSSR count). The van der Waals surface area contributed by atoms with Crippen LogP contribution < -0.4 is 5.32 Å². The van der Waals surface area contributed by atoms with E-state index >= 15 is 0 Å². The number of hydrogen-bond donors (Lipinski definition) is 1. The van der Waals surface area contributed by atoms with Gasteiger partial charge in [-0.2, -0.15) is 0 Å². The van der Waals surface area contributed by atoms with E-state index in [2.05, 4.69) is 21.2 Å². The molecule has 0 aromatic heterocycles. The fourth-order valence-corrected chi connectivity index (χ4v) is 5.06. The van der Waals surface area contributed by atoms with Crippen molar-refractivity contribution in [2.45, 2.75) is 57.0 Å². The topological polar surface area (TPSA) is 49.4 Å². The van der Waals surface area contributed by atoms with Crippen molar-refractivity contribution in [1.82, 2.24) is 10.2 Å². The third-order valence-corrected chi connectivity index (χ3v) is 7.27. The van der Waals surface area contributed by atoms with Crippen molar-refractivity contribution in [2.75, 3.05) is 5.75 Å². The fourth-order valence-electron chi connectivity index (χ4n) is 3.73. The molecule has 7 heteroatoms. The molecule has 0 aliphatic heterocycles. The molecule has 1 aliphatic carbocycles. The molecule has 1 aliphatic rings. The standard InChI is InChI=1S/C24H28BrClN2O2S/c1-17(24(30)27-22-7-2-3-8-22)28(14-18-9-11-20(25)12-10-18)23(29)16-31-15-19-5-4-6-21(26)13-19/h4-6,9-13,17,22H,2-3,7-8,14-16H2,1H3,(H,27,30)/t17-/m0/s1. The van der Waals surface area contributed by atoms with E-state index in [1.165, 1.54) is 11.8 Å². The van der Waals surface area contributed by atoms with Crippen LogP contribution in [0, 0.1) is 0 Å². The van der Waals surface area contributed by atoms with Gasteiger partial charge in [-0.05, 0) is 55.2 Å². The molecule has 1 saturated carbocycles. The van der Waals surface area contributed by atoms with Crippen LogP contribution in [0.1, 0.15) is 43.7 Å². The molecule has 31 heavy (non-hydrogen) atoms. The van der Waals surface area contributed by atoms with E-state index in [4.69, 9.17) is 11.6 Å². The molecule has 1 N–H and O–H groups in total. The highest BCUT2D eigenvalue weighted by Gasteiger charge is 2.28. The molecule has 2 aromatic carbocycles. The highest BCUT2D eigenvalue weighted by molar-refractivity contribution is 9.10. The molecule has 0 heterocycles. The van der Waals surface area contributed by atoms with Gasteiger partial charge in [0.05, 0.1) is 5.75 Å². The number of nitrogens with zero attached hydrogens (tertiary/aromatic N) is 1. The summed E-state index contributed by atoms with van der Waals surface area (Å²) in [5.74, 6) is 0.895. The van der Waals surface area contributed by atoms with E-state index < -0.39 is 6.04 Å². The van der Waals surface area contributed by atoms with Gasteiger partial charge >= 0.3 is 0 Å². The summed E-state index contributed by atoms with van der Waals surface area (Å²) in [6.45, 7) is 2.23. The number of benzene rings is 2. The van der Waals surface area contributed by atoms with E-state index in [-0.39, 0.29) is 17.9 Å². The molecule has 0 unspecified atom stereocenters. The number of rotatable bonds is 9. The molecule has 4 nitrogen and oxygen atoms in total. The zero-order chi connectivity index (χ0) is 22.2. The summed E-state index contributed by atoms with van der Waals surface area (Å²) in [4.78, 5) is 27.7. The van der Waals surface area contributed by atoms with Crippen molar-refractivity contribution in [1.29, 1.82) is 0 Å². The molecular weight excluding hydrogens is 496 g/mol. The smallest absolute Gasteiger partial charge is 0.242 e. The van der Waals surface area contributed by atoms with Gasteiger partial charge < -0.3 is 10.2 Å². The number of hydrogen-bond acceptors (Lipinski definition) is 3. The second-order valence-electron chi connectivity index (χ2n) is 7.94. The molecule has 1 fully saturated rings. The lowest BCUT2D eigenvalue weighted by Crippen LogP contribution is -2.50. The number of thioether (sulfide) groups is 1. The first-order chi connectivity index (χ1) is 14.9. The average Bonchev–Trinajstić information content (AvgIpc) is 3.26. The minimum atomic E-state index is -0.525. The number of carbonyl (C=O) groups excluding carboxylic acids is 2. The number of nitrogens with one attached hydrogen (secondary N) is 1. The maximum atomic E-state index is 13.1. The molecule has 166 valence electrons. The third kappa shape index (κ3) is 7.55. The molecule has 0 spiro atoms. The molecule has 0 radical (unpaired) electrons. The Labute approximate surface area is 202 Å². The van der Waals surface area contributed by atoms with Crippen LogP contribution in [0.5, 0.6) is 0 Å². The Morgan fingerprint density at radius 1 is 1.16 bits per heavy atom. The van der Waals surface area contributed by atoms with Crippen molar-refractivity contribution in [3.05, 3.63) is 69.2 Å². The Kier molecular flexibility index (Phi) is 9.30. The van der Waals surface area contributed by atoms with Gasteiger partial charge in [-0.3, -0.25) is 9.59 Å². The molecular formula is C24H28BrClN2O2S. The highest BCUT2D eigenvalue weighted by Crippen LogP contribution is 2.21. The minimum absolute atomic E-state index is 0.0379. The second-order valence-corrected chi connectivity index (χ2v) is 10.3. The lowest BCUT2D eigenvalue weighted by Gasteiger charge is -2.29. The lowest BCUT2D eigenvalue weighted by atomic mass is 10.1. The maximum Gasteiger partial charge on any atom is 0.242 e. The first-order valence-electron chi connectivity index (χ1n) is 10.6. The summed E-state index contributed by atoms with van der Waals surface area (Å²) in [5, 5.41) is 3.83. The normalized spacial score (nSPS) is 14.9. The van der Waals surface area contributed by atoms with E-state index in [1.54, 1.807) is 4.90 Å². The minimum Gasteiger partial charge on any atom is -0.352 e. The lowest BCUT2D eigenvalue weighted by molar-refractivity contribution is -0.138. The van der Waals surface area contributed by atoms with Crippen LogP contribution in [-0.4, -0.2) is 34.6 Å². The zero-order valence-corrected chi connectivity index (χ0v) is 20.8. The number of amides is 2. The summed E-state index contributed by atoms with van der Waals surface area (Å²) in [5.41, 5.74) is 2.08. The summed E-state index contributed by atoms with van der Waals surface area (Å²) in [6, 6.07) is 15.2. The van der Waals surface area contributed by atoms with Crippen LogP contribution in [0.4, 0.5) is 0 Å². The zero-order valence-electron chi connectivity index (χ0n) is 17.7. The highest BCUT2D eigenvalue weighted by atomic mass is 79.9. The van der Waals surface area contributed by atoms with Gasteiger partial charge in [-0.15, -0.1) is 11.8 Å². The Hall–Kier alpha value is -1.50. The first-order valence-corrected chi connectivity index (χ1v) is 12.9. The predicted molar refractivity (Wildman–Crippen MR) is 132 cm³/mol. The molecule has 2 aromatic rings. The Morgan fingerprint density at radius 2 is 1.87 bits per heavy atom. The summed E-state index contributed by atoms with van der Waals surface area (Å²) >= 11 is 11.0. The van der Waals surface area contributed by atoms with E-state index in [0.29, 0.717) is 23.1 Å². The SMILES string of the molecule is C[C@@H](C(=O)NC1CCCC1)N(Cc1ccc(Br)cc1)C(=O)CSCc1cccc(Cl)c1. The number of halogens is 2. The quantitative estimate of drug-likeness (QED) is 0.451. The van der Waals surface area contributed by atoms with Crippen molar-refractivity contribution in [2.24, 2.45) is 0 Å². The van der Waals surface area contributed by atoms with Gasteiger partial charge in [0.1, 0.15) is 6.04 Å². The van der Waals surface area contributed by atoms with E-state index in [0.717, 1.165) is 41.3 Å². The Balaban J connectivity index is 1.64. The van der Waals surface area contributed by atoms with Crippen LogP contribution >= 0.6 is 39.3 Å². The van der Waals surface area contributed by atoms with Gasteiger partial charge in [-0.1, -0.05) is 64.6 Å². The van der Waals surface area contributed by atoms with Gasteiger partial charge in [0.15, 0.2) is 0 Å². The van der Waals surface area contributed by atoms with Gasteiger partial charge in [0.2, 0.25) is 11.8 Å². The monoisotopic (exact) mass is 522 g/mol. The molecule has 0 saturated heterocycles. The van der Waals surface area contributed by atoms with Crippen LogP contribution in [0.25, 0.3) is 0 Å². The van der Waals surface area contributed by atoms with Crippen LogP contribution in [0.3, 0.4) is 0 Å². The van der Waals surface area contributed by atoms with Crippen LogP contribution in [0.15, 0.2) is 53.0 Å². The van der Waals surface area contributed by atoms with Gasteiger partial charge in [0.25, 0.3) is 0 Å². The summed E-state index contributed by atoms with van der Waals surface area (Å²) in [7, 11) is 0. The van der Waals surface area contributed by atoms with Crippen molar-refractivity contribution in [3.8, 4) is 0 Å². The Bertz CT molecular complexity index is 887. The average molecular weight is 524 g/mol. The molecule has 2 amide bonds. The van der Waals surface area contributed by atoms with Gasteiger partial charge in [-0.25, -0.2) is 0 Å². The van der Waals surface area contributed by atoms with Crippen LogP contribution in [0.2, 0.25) is 5.02 Å². The number of carbonyl (C=O) groups is 2. The molecule has 0 bridgehead atoms. The first kappa shape index (κ1) is 24.1. The second kappa shape index (κ2) is 11.9. The summed E-state index contributed by atoms with van der Waals surface area (Å²) in [6.07, 6.45) is 4.35.